The molecule has 1 aromatic carbocycles. The number of aryl methyl sites for hydroxylation is 2. The van der Waals surface area contributed by atoms with E-state index in [-0.39, 0.29) is 5.91 Å². The lowest BCUT2D eigenvalue weighted by Gasteiger charge is -2.12. The molecule has 7 heteroatoms. The van der Waals surface area contributed by atoms with E-state index in [4.69, 9.17) is 9.97 Å². The van der Waals surface area contributed by atoms with Crippen LogP contribution in [0.2, 0.25) is 0 Å². The van der Waals surface area contributed by atoms with Gasteiger partial charge >= 0.3 is 0 Å². The van der Waals surface area contributed by atoms with E-state index < -0.39 is 0 Å². The van der Waals surface area contributed by atoms with Crippen molar-refractivity contribution in [1.82, 2.24) is 19.9 Å². The smallest absolute Gasteiger partial charge is 0.253 e. The van der Waals surface area contributed by atoms with Crippen LogP contribution in [0.5, 0.6) is 0 Å². The highest BCUT2D eigenvalue weighted by atomic mass is 32.1. The van der Waals surface area contributed by atoms with Crippen molar-refractivity contribution in [1.29, 1.82) is 0 Å². The number of carbonyl (C=O) groups excluding carboxylic acids is 1. The van der Waals surface area contributed by atoms with Gasteiger partial charge in [0.2, 0.25) is 0 Å². The summed E-state index contributed by atoms with van der Waals surface area (Å²) >= 11 is 1.77. The monoisotopic (exact) mass is 415 g/mol. The minimum Gasteiger partial charge on any atom is -0.345 e. The average Bonchev–Trinajstić information content (AvgIpc) is 3.35. The van der Waals surface area contributed by atoms with E-state index >= 15 is 0 Å². The zero-order chi connectivity index (χ0) is 20.7. The van der Waals surface area contributed by atoms with Crippen molar-refractivity contribution in [3.63, 3.8) is 0 Å². The summed E-state index contributed by atoms with van der Waals surface area (Å²) in [4.78, 5) is 30.1. The second-order valence-corrected chi connectivity index (χ2v) is 8.66. The molecule has 30 heavy (non-hydrogen) atoms. The van der Waals surface area contributed by atoms with Crippen molar-refractivity contribution in [3.05, 3.63) is 64.8 Å². The van der Waals surface area contributed by atoms with E-state index in [0.29, 0.717) is 11.4 Å². The minimum atomic E-state index is -0.0134. The van der Waals surface area contributed by atoms with E-state index in [1.54, 1.807) is 42.7 Å². The van der Waals surface area contributed by atoms with Crippen LogP contribution in [-0.2, 0) is 12.8 Å². The molecular weight excluding hydrogens is 394 g/mol. The van der Waals surface area contributed by atoms with E-state index in [0.717, 1.165) is 40.1 Å². The number of benzene rings is 1. The highest BCUT2D eigenvalue weighted by Gasteiger charge is 2.23. The van der Waals surface area contributed by atoms with Gasteiger partial charge in [-0.3, -0.25) is 9.78 Å². The average molecular weight is 416 g/mol. The molecule has 4 aromatic rings. The van der Waals surface area contributed by atoms with Gasteiger partial charge in [0.1, 0.15) is 10.6 Å². The molecule has 150 valence electrons. The molecule has 0 bridgehead atoms. The number of pyridine rings is 1. The van der Waals surface area contributed by atoms with Gasteiger partial charge in [0, 0.05) is 48.2 Å². The summed E-state index contributed by atoms with van der Waals surface area (Å²) in [5.41, 5.74) is 3.81. The summed E-state index contributed by atoms with van der Waals surface area (Å²) in [6.07, 6.45) is 6.89. The number of nitrogens with one attached hydrogen (secondary N) is 1. The maximum absolute atomic E-state index is 12.2. The third-order valence-corrected chi connectivity index (χ3v) is 6.47. The Morgan fingerprint density at radius 3 is 2.67 bits per heavy atom. The van der Waals surface area contributed by atoms with Crippen LogP contribution in [0, 0.1) is 0 Å². The highest BCUT2D eigenvalue weighted by Crippen LogP contribution is 2.41. The van der Waals surface area contributed by atoms with E-state index in [9.17, 15) is 4.79 Å². The molecule has 1 aliphatic rings. The fraction of sp³-hybridized carbons (Fsp3) is 0.217. The van der Waals surface area contributed by atoms with Gasteiger partial charge in [0.05, 0.1) is 5.39 Å². The number of hydrogen-bond donors (Lipinski definition) is 1. The van der Waals surface area contributed by atoms with E-state index in [1.165, 1.54) is 16.9 Å². The Morgan fingerprint density at radius 2 is 1.93 bits per heavy atom. The standard InChI is InChI=1S/C23H21N5OS/c1-28(2)23(29)14-8-10-16(11-9-14)25-21-19-17-6-3-7-18(17)30-22(19)27-20(26-21)15-5-4-12-24-13-15/h4-5,8-13H,3,6-7H2,1-2H3,(H,25,26,27). The second kappa shape index (κ2) is 7.50. The van der Waals surface area contributed by atoms with E-state index in [1.807, 2.05) is 36.4 Å². The van der Waals surface area contributed by atoms with Crippen LogP contribution in [0.25, 0.3) is 21.6 Å². The first-order valence-corrected chi connectivity index (χ1v) is 10.7. The summed E-state index contributed by atoms with van der Waals surface area (Å²) in [6.45, 7) is 0. The molecule has 1 aliphatic carbocycles. The van der Waals surface area contributed by atoms with Crippen LogP contribution in [0.3, 0.4) is 0 Å². The topological polar surface area (TPSA) is 71.0 Å². The molecule has 0 spiro atoms. The van der Waals surface area contributed by atoms with Crippen LogP contribution < -0.4 is 5.32 Å². The number of aromatic nitrogens is 3. The number of fused-ring (bicyclic) bond motifs is 3. The van der Waals surface area contributed by atoms with Gasteiger partial charge in [-0.05, 0) is 61.2 Å². The number of rotatable bonds is 4. The molecule has 0 saturated carbocycles. The Balaban J connectivity index is 1.58. The first-order chi connectivity index (χ1) is 14.6. The van der Waals surface area contributed by atoms with Crippen LogP contribution in [0.1, 0.15) is 27.2 Å². The van der Waals surface area contributed by atoms with Crippen molar-refractivity contribution in [2.45, 2.75) is 19.3 Å². The molecule has 0 radical (unpaired) electrons. The lowest BCUT2D eigenvalue weighted by atomic mass is 10.1. The van der Waals surface area contributed by atoms with Crippen LogP contribution in [0.4, 0.5) is 11.5 Å². The quantitative estimate of drug-likeness (QED) is 0.524. The number of nitrogens with zero attached hydrogens (tertiary/aromatic N) is 4. The zero-order valence-corrected chi connectivity index (χ0v) is 17.7. The molecule has 0 unspecified atom stereocenters. The Kier molecular flexibility index (Phi) is 4.67. The molecule has 1 amide bonds. The maximum atomic E-state index is 12.2. The van der Waals surface area contributed by atoms with Crippen molar-refractivity contribution in [2.24, 2.45) is 0 Å². The summed E-state index contributed by atoms with van der Waals surface area (Å²) in [7, 11) is 3.51. The van der Waals surface area contributed by atoms with Gasteiger partial charge in [-0.15, -0.1) is 11.3 Å². The number of anilines is 2. The molecule has 0 fully saturated rings. The molecule has 0 atom stereocenters. The Morgan fingerprint density at radius 1 is 1.10 bits per heavy atom. The van der Waals surface area contributed by atoms with Gasteiger partial charge in [-0.25, -0.2) is 9.97 Å². The lowest BCUT2D eigenvalue weighted by molar-refractivity contribution is 0.0827. The summed E-state index contributed by atoms with van der Waals surface area (Å²) < 4.78 is 0. The normalized spacial score (nSPS) is 12.7. The van der Waals surface area contributed by atoms with Gasteiger partial charge < -0.3 is 10.2 Å². The summed E-state index contributed by atoms with van der Waals surface area (Å²) in [6, 6.07) is 11.4. The largest absolute Gasteiger partial charge is 0.345 e. The molecular formula is C23H21N5OS. The number of hydrogen-bond acceptors (Lipinski definition) is 6. The Labute approximate surface area is 178 Å². The fourth-order valence-electron chi connectivity index (χ4n) is 3.80. The molecule has 6 nitrogen and oxygen atoms in total. The van der Waals surface area contributed by atoms with Crippen LogP contribution in [0.15, 0.2) is 48.8 Å². The van der Waals surface area contributed by atoms with Gasteiger partial charge in [0.15, 0.2) is 5.82 Å². The minimum absolute atomic E-state index is 0.0134. The SMILES string of the molecule is CN(C)C(=O)c1ccc(Nc2nc(-c3cccnc3)nc3sc4c(c23)CCC4)cc1. The maximum Gasteiger partial charge on any atom is 0.253 e. The predicted molar refractivity (Wildman–Crippen MR) is 120 cm³/mol. The van der Waals surface area contributed by atoms with E-state index in [2.05, 4.69) is 10.3 Å². The number of carbonyl (C=O) groups is 1. The highest BCUT2D eigenvalue weighted by molar-refractivity contribution is 7.19. The number of amides is 1. The van der Waals surface area contributed by atoms with Crippen molar-refractivity contribution >= 4 is 39.0 Å². The Hall–Kier alpha value is -3.32. The summed E-state index contributed by atoms with van der Waals surface area (Å²) in [5.74, 6) is 1.46. The van der Waals surface area contributed by atoms with Crippen molar-refractivity contribution in [3.8, 4) is 11.4 Å². The lowest BCUT2D eigenvalue weighted by Crippen LogP contribution is -2.21. The van der Waals surface area contributed by atoms with Crippen LogP contribution >= 0.6 is 11.3 Å². The van der Waals surface area contributed by atoms with Crippen molar-refractivity contribution in [2.75, 3.05) is 19.4 Å². The van der Waals surface area contributed by atoms with Crippen molar-refractivity contribution < 1.29 is 4.79 Å². The second-order valence-electron chi connectivity index (χ2n) is 7.58. The summed E-state index contributed by atoms with van der Waals surface area (Å²) in [5, 5.41) is 4.60. The van der Waals surface area contributed by atoms with Gasteiger partial charge in [-0.1, -0.05) is 0 Å². The third-order valence-electron chi connectivity index (χ3n) is 5.29. The van der Waals surface area contributed by atoms with Gasteiger partial charge in [-0.2, -0.15) is 0 Å². The molecule has 1 N–H and O–H groups in total. The zero-order valence-electron chi connectivity index (χ0n) is 16.8. The molecule has 5 rings (SSSR count). The molecule has 3 aromatic heterocycles. The Bertz CT molecular complexity index is 1230. The molecule has 3 heterocycles. The van der Waals surface area contributed by atoms with Gasteiger partial charge in [0.25, 0.3) is 5.91 Å². The van der Waals surface area contributed by atoms with Crippen LogP contribution in [-0.4, -0.2) is 39.9 Å². The number of thiophene rings is 1. The molecule has 0 aliphatic heterocycles. The third kappa shape index (κ3) is 3.31. The molecule has 0 saturated heterocycles. The first-order valence-electron chi connectivity index (χ1n) is 9.91. The first kappa shape index (κ1) is 18.7. The predicted octanol–water partition coefficient (Wildman–Crippen LogP) is 4.69. The fourth-order valence-corrected chi connectivity index (χ4v) is 5.06.